The lowest BCUT2D eigenvalue weighted by Crippen LogP contribution is -1.96. The number of aliphatic hydroxyl groups is 1. The highest BCUT2D eigenvalue weighted by Crippen LogP contribution is 2.29. The van der Waals surface area contributed by atoms with Crippen molar-refractivity contribution in [2.75, 3.05) is 5.73 Å². The summed E-state index contributed by atoms with van der Waals surface area (Å²) in [7, 11) is 0. The molecule has 20 heavy (non-hydrogen) atoms. The van der Waals surface area contributed by atoms with Crippen LogP contribution in [0.5, 0.6) is 0 Å². The van der Waals surface area contributed by atoms with Gasteiger partial charge in [-0.1, -0.05) is 12.1 Å². The van der Waals surface area contributed by atoms with Crippen LogP contribution in [-0.2, 0) is 6.61 Å². The minimum absolute atomic E-state index is 0.0744. The summed E-state index contributed by atoms with van der Waals surface area (Å²) in [6.07, 6.45) is 3.48. The third-order valence-electron chi connectivity index (χ3n) is 3.42. The summed E-state index contributed by atoms with van der Waals surface area (Å²) in [4.78, 5) is 8.36. The number of hydrogen-bond acceptors (Lipinski definition) is 4. The number of aromatic nitrogens is 2. The van der Waals surface area contributed by atoms with Gasteiger partial charge in [-0.3, -0.25) is 4.98 Å². The molecule has 3 N–H and O–H groups in total. The molecule has 3 rings (SSSR count). The highest BCUT2D eigenvalue weighted by atomic mass is 16.3. The molecule has 0 spiro atoms. The summed E-state index contributed by atoms with van der Waals surface area (Å²) in [5.74, 6) is 0.513. The fraction of sp³-hybridized carbons (Fsp3) is 0.125. The van der Waals surface area contributed by atoms with E-state index in [1.54, 1.807) is 12.4 Å². The molecule has 4 heteroatoms. The second-order valence-electron chi connectivity index (χ2n) is 4.78. The van der Waals surface area contributed by atoms with Gasteiger partial charge in [-0.15, -0.1) is 0 Å². The number of nitrogens with zero attached hydrogens (tertiary/aromatic N) is 2. The summed E-state index contributed by atoms with van der Waals surface area (Å²) in [5, 5.41) is 11.5. The molecule has 0 unspecified atom stereocenters. The first kappa shape index (κ1) is 12.6. The van der Waals surface area contributed by atoms with Crippen LogP contribution in [0.15, 0.2) is 42.7 Å². The largest absolute Gasteiger partial charge is 0.390 e. The van der Waals surface area contributed by atoms with Gasteiger partial charge in [-0.25, -0.2) is 4.98 Å². The normalized spacial score (nSPS) is 10.9. The first-order valence-corrected chi connectivity index (χ1v) is 6.40. The van der Waals surface area contributed by atoms with Crippen LogP contribution in [0.2, 0.25) is 0 Å². The van der Waals surface area contributed by atoms with E-state index in [9.17, 15) is 5.11 Å². The molecule has 2 aromatic heterocycles. The first-order chi connectivity index (χ1) is 9.69. The molecule has 0 radical (unpaired) electrons. The molecular formula is C16H15N3O. The van der Waals surface area contributed by atoms with Crippen molar-refractivity contribution in [2.45, 2.75) is 13.5 Å². The number of anilines is 1. The van der Waals surface area contributed by atoms with Gasteiger partial charge in [-0.2, -0.15) is 0 Å². The predicted octanol–water partition coefficient (Wildman–Crippen LogP) is 2.68. The summed E-state index contributed by atoms with van der Waals surface area (Å²) in [6, 6.07) is 9.87. The molecule has 0 amide bonds. The van der Waals surface area contributed by atoms with E-state index < -0.39 is 0 Å². The van der Waals surface area contributed by atoms with Crippen molar-refractivity contribution in [3.63, 3.8) is 0 Å². The minimum atomic E-state index is -0.0744. The summed E-state index contributed by atoms with van der Waals surface area (Å²) in [5.41, 5.74) is 9.47. The molecule has 0 bridgehead atoms. The molecule has 0 atom stereocenters. The van der Waals surface area contributed by atoms with E-state index in [-0.39, 0.29) is 6.61 Å². The Morgan fingerprint density at radius 3 is 2.75 bits per heavy atom. The fourth-order valence-corrected chi connectivity index (χ4v) is 2.44. The molecule has 4 nitrogen and oxygen atoms in total. The Balaban J connectivity index is 2.22. The SMILES string of the molecule is Cc1ccnc(CO)c1-c1ccc2cc(N)ncc2c1. The number of aliphatic hydroxyl groups excluding tert-OH is 1. The second-order valence-corrected chi connectivity index (χ2v) is 4.78. The lowest BCUT2D eigenvalue weighted by Gasteiger charge is -2.11. The van der Waals surface area contributed by atoms with Gasteiger partial charge in [-0.05, 0) is 41.6 Å². The maximum absolute atomic E-state index is 9.46. The highest BCUT2D eigenvalue weighted by molar-refractivity contribution is 5.88. The molecule has 0 aliphatic heterocycles. The summed E-state index contributed by atoms with van der Waals surface area (Å²) >= 11 is 0. The van der Waals surface area contributed by atoms with Gasteiger partial charge >= 0.3 is 0 Å². The number of hydrogen-bond donors (Lipinski definition) is 2. The van der Waals surface area contributed by atoms with Gasteiger partial charge in [0.2, 0.25) is 0 Å². The molecule has 1 aromatic carbocycles. The molecule has 0 aliphatic rings. The van der Waals surface area contributed by atoms with Crippen LogP contribution in [0.3, 0.4) is 0 Å². The third kappa shape index (κ3) is 2.10. The van der Waals surface area contributed by atoms with Gasteiger partial charge in [0, 0.05) is 23.3 Å². The molecular weight excluding hydrogens is 250 g/mol. The molecule has 100 valence electrons. The quantitative estimate of drug-likeness (QED) is 0.747. The van der Waals surface area contributed by atoms with Gasteiger partial charge < -0.3 is 10.8 Å². The van der Waals surface area contributed by atoms with Crippen LogP contribution in [0.1, 0.15) is 11.3 Å². The van der Waals surface area contributed by atoms with E-state index in [0.717, 1.165) is 27.5 Å². The van der Waals surface area contributed by atoms with Gasteiger partial charge in [0.25, 0.3) is 0 Å². The average Bonchev–Trinajstić information content (AvgIpc) is 2.46. The molecule has 0 saturated heterocycles. The number of pyridine rings is 2. The fourth-order valence-electron chi connectivity index (χ4n) is 2.44. The van der Waals surface area contributed by atoms with Crippen molar-refractivity contribution >= 4 is 16.6 Å². The number of aryl methyl sites for hydroxylation is 1. The van der Waals surface area contributed by atoms with E-state index in [2.05, 4.69) is 9.97 Å². The van der Waals surface area contributed by atoms with Crippen LogP contribution in [0.4, 0.5) is 5.82 Å². The van der Waals surface area contributed by atoms with Crippen LogP contribution in [0, 0.1) is 6.92 Å². The van der Waals surface area contributed by atoms with Crippen molar-refractivity contribution in [1.82, 2.24) is 9.97 Å². The second kappa shape index (κ2) is 4.90. The number of benzene rings is 1. The molecule has 0 aliphatic carbocycles. The minimum Gasteiger partial charge on any atom is -0.390 e. The zero-order valence-electron chi connectivity index (χ0n) is 11.2. The average molecular weight is 265 g/mol. The maximum Gasteiger partial charge on any atom is 0.123 e. The zero-order valence-corrected chi connectivity index (χ0v) is 11.2. The number of rotatable bonds is 2. The Kier molecular flexibility index (Phi) is 3.08. The Bertz CT molecular complexity index is 784. The topological polar surface area (TPSA) is 72.0 Å². The van der Waals surface area contributed by atoms with Crippen molar-refractivity contribution < 1.29 is 5.11 Å². The molecule has 0 saturated carbocycles. The number of nitrogens with two attached hydrogens (primary N) is 1. The Morgan fingerprint density at radius 1 is 1.10 bits per heavy atom. The van der Waals surface area contributed by atoms with Crippen LogP contribution >= 0.6 is 0 Å². The predicted molar refractivity (Wildman–Crippen MR) is 80.0 cm³/mol. The molecule has 2 heterocycles. The maximum atomic E-state index is 9.46. The first-order valence-electron chi connectivity index (χ1n) is 6.40. The van der Waals surface area contributed by atoms with E-state index >= 15 is 0 Å². The number of nitrogen functional groups attached to an aromatic ring is 1. The van der Waals surface area contributed by atoms with Crippen molar-refractivity contribution in [1.29, 1.82) is 0 Å². The van der Waals surface area contributed by atoms with E-state index in [1.807, 2.05) is 37.3 Å². The van der Waals surface area contributed by atoms with Crippen molar-refractivity contribution in [2.24, 2.45) is 0 Å². The van der Waals surface area contributed by atoms with E-state index in [1.165, 1.54) is 0 Å². The summed E-state index contributed by atoms with van der Waals surface area (Å²) < 4.78 is 0. The number of fused-ring (bicyclic) bond motifs is 1. The zero-order chi connectivity index (χ0) is 14.1. The van der Waals surface area contributed by atoms with Crippen LogP contribution in [-0.4, -0.2) is 15.1 Å². The Hall–Kier alpha value is -2.46. The van der Waals surface area contributed by atoms with E-state index in [0.29, 0.717) is 11.5 Å². The summed E-state index contributed by atoms with van der Waals surface area (Å²) in [6.45, 7) is 1.94. The Labute approximate surface area is 116 Å². The molecule has 0 fully saturated rings. The van der Waals surface area contributed by atoms with Gasteiger partial charge in [0.05, 0.1) is 12.3 Å². The Morgan fingerprint density at radius 2 is 1.95 bits per heavy atom. The third-order valence-corrected chi connectivity index (χ3v) is 3.42. The van der Waals surface area contributed by atoms with Crippen LogP contribution in [0.25, 0.3) is 21.9 Å². The van der Waals surface area contributed by atoms with E-state index in [4.69, 9.17) is 5.73 Å². The van der Waals surface area contributed by atoms with Gasteiger partial charge in [0.1, 0.15) is 5.82 Å². The van der Waals surface area contributed by atoms with Crippen molar-refractivity contribution in [3.8, 4) is 11.1 Å². The lowest BCUT2D eigenvalue weighted by molar-refractivity contribution is 0.277. The highest BCUT2D eigenvalue weighted by Gasteiger charge is 2.09. The van der Waals surface area contributed by atoms with Crippen LogP contribution < -0.4 is 5.73 Å². The standard InChI is InChI=1S/C16H15N3O/c1-10-4-5-18-14(9-20)16(10)12-3-2-11-7-15(17)19-8-13(11)6-12/h2-8,20H,9H2,1H3,(H2,17,19). The monoisotopic (exact) mass is 265 g/mol. The van der Waals surface area contributed by atoms with Crippen molar-refractivity contribution in [3.05, 3.63) is 54.0 Å². The van der Waals surface area contributed by atoms with Gasteiger partial charge in [0.15, 0.2) is 0 Å². The lowest BCUT2D eigenvalue weighted by atomic mass is 9.97. The smallest absolute Gasteiger partial charge is 0.123 e. The molecule has 3 aromatic rings.